The van der Waals surface area contributed by atoms with Gasteiger partial charge in [0.2, 0.25) is 0 Å². The van der Waals surface area contributed by atoms with Crippen molar-refractivity contribution in [2.45, 2.75) is 18.6 Å². The summed E-state index contributed by atoms with van der Waals surface area (Å²) < 4.78 is 50.6. The molecular formula is C12H12F4N2O. The van der Waals surface area contributed by atoms with Crippen molar-refractivity contribution in [3.05, 3.63) is 35.1 Å². The lowest BCUT2D eigenvalue weighted by Gasteiger charge is -2.13. The van der Waals surface area contributed by atoms with Crippen molar-refractivity contribution in [2.75, 3.05) is 13.1 Å². The Kier molecular flexibility index (Phi) is 3.75. The molecule has 3 nitrogen and oxygen atoms in total. The number of hydrogen-bond donors (Lipinski definition) is 2. The van der Waals surface area contributed by atoms with E-state index in [1.165, 1.54) is 0 Å². The van der Waals surface area contributed by atoms with Crippen LogP contribution in [0.15, 0.2) is 18.2 Å². The van der Waals surface area contributed by atoms with Gasteiger partial charge in [-0.1, -0.05) is 0 Å². The van der Waals surface area contributed by atoms with Crippen LogP contribution in [-0.2, 0) is 6.18 Å². The van der Waals surface area contributed by atoms with Crippen molar-refractivity contribution in [1.29, 1.82) is 0 Å². The van der Waals surface area contributed by atoms with E-state index in [1.54, 1.807) is 0 Å². The molecule has 1 heterocycles. The molecule has 1 atom stereocenters. The molecule has 0 aromatic heterocycles. The molecule has 1 aliphatic heterocycles. The summed E-state index contributed by atoms with van der Waals surface area (Å²) in [5, 5.41) is 5.62. The molecule has 0 saturated carbocycles. The third-order valence-corrected chi connectivity index (χ3v) is 2.93. The van der Waals surface area contributed by atoms with Gasteiger partial charge in [0.15, 0.2) is 0 Å². The molecule has 0 radical (unpaired) electrons. The summed E-state index contributed by atoms with van der Waals surface area (Å²) in [4.78, 5) is 11.8. The number of alkyl halides is 3. The zero-order valence-corrected chi connectivity index (χ0v) is 9.85. The molecule has 2 N–H and O–H groups in total. The molecule has 104 valence electrons. The maximum atomic E-state index is 13.1. The van der Waals surface area contributed by atoms with E-state index < -0.39 is 23.5 Å². The molecule has 7 heteroatoms. The van der Waals surface area contributed by atoms with Crippen LogP contribution in [-0.4, -0.2) is 25.0 Å². The molecule has 0 spiro atoms. The smallest absolute Gasteiger partial charge is 0.348 e. The fourth-order valence-corrected chi connectivity index (χ4v) is 1.93. The molecule has 1 fully saturated rings. The minimum absolute atomic E-state index is 0.105. The number of nitrogens with one attached hydrogen (secondary N) is 2. The first-order valence-electron chi connectivity index (χ1n) is 5.76. The van der Waals surface area contributed by atoms with E-state index in [0.29, 0.717) is 18.7 Å². The molecule has 0 bridgehead atoms. The van der Waals surface area contributed by atoms with E-state index in [0.717, 1.165) is 19.0 Å². The lowest BCUT2D eigenvalue weighted by atomic mass is 10.1. The second-order valence-corrected chi connectivity index (χ2v) is 4.36. The molecule has 1 aromatic rings. The summed E-state index contributed by atoms with van der Waals surface area (Å²) >= 11 is 0. The third kappa shape index (κ3) is 3.23. The number of carbonyl (C=O) groups excluding carboxylic acids is 1. The third-order valence-electron chi connectivity index (χ3n) is 2.93. The Morgan fingerprint density at radius 3 is 2.68 bits per heavy atom. The van der Waals surface area contributed by atoms with Crippen LogP contribution in [0, 0.1) is 5.82 Å². The summed E-state index contributed by atoms with van der Waals surface area (Å²) in [7, 11) is 0. The van der Waals surface area contributed by atoms with Gasteiger partial charge in [0.05, 0.1) is 5.56 Å². The number of carbonyl (C=O) groups is 1. The van der Waals surface area contributed by atoms with Gasteiger partial charge in [-0.25, -0.2) is 4.39 Å². The van der Waals surface area contributed by atoms with Crippen LogP contribution in [0.4, 0.5) is 17.6 Å². The van der Waals surface area contributed by atoms with Crippen molar-refractivity contribution < 1.29 is 22.4 Å². The van der Waals surface area contributed by atoms with Crippen LogP contribution in [0.2, 0.25) is 0 Å². The summed E-state index contributed by atoms with van der Waals surface area (Å²) in [6.07, 6.45) is -4.09. The zero-order valence-electron chi connectivity index (χ0n) is 9.85. The number of hydrogen-bond acceptors (Lipinski definition) is 2. The molecule has 0 aliphatic carbocycles. The van der Waals surface area contributed by atoms with Crippen LogP contribution >= 0.6 is 0 Å². The Morgan fingerprint density at radius 1 is 1.37 bits per heavy atom. The van der Waals surface area contributed by atoms with E-state index >= 15 is 0 Å². The fraction of sp³-hybridized carbons (Fsp3) is 0.417. The first kappa shape index (κ1) is 13.8. The average molecular weight is 276 g/mol. The van der Waals surface area contributed by atoms with Gasteiger partial charge in [0.1, 0.15) is 5.82 Å². The van der Waals surface area contributed by atoms with Crippen LogP contribution in [0.25, 0.3) is 0 Å². The number of halogens is 4. The maximum absolute atomic E-state index is 13.1. The maximum Gasteiger partial charge on any atom is 0.419 e. The molecule has 2 rings (SSSR count). The van der Waals surface area contributed by atoms with Crippen LogP contribution in [0.1, 0.15) is 22.3 Å². The molecule has 1 aromatic carbocycles. The van der Waals surface area contributed by atoms with Crippen LogP contribution in [0.3, 0.4) is 0 Å². The van der Waals surface area contributed by atoms with Gasteiger partial charge in [-0.2, -0.15) is 13.2 Å². The van der Waals surface area contributed by atoms with Gasteiger partial charge in [-0.15, -0.1) is 0 Å². The van der Waals surface area contributed by atoms with E-state index in [-0.39, 0.29) is 11.6 Å². The minimum Gasteiger partial charge on any atom is -0.348 e. The summed E-state index contributed by atoms with van der Waals surface area (Å²) in [5.74, 6) is -2.01. The number of rotatable bonds is 2. The van der Waals surface area contributed by atoms with Gasteiger partial charge in [-0.05, 0) is 31.2 Å². The van der Waals surface area contributed by atoms with Crippen LogP contribution < -0.4 is 10.6 Å². The highest BCUT2D eigenvalue weighted by Crippen LogP contribution is 2.31. The monoisotopic (exact) mass is 276 g/mol. The Balaban J connectivity index is 2.18. The quantitative estimate of drug-likeness (QED) is 0.810. The highest BCUT2D eigenvalue weighted by molar-refractivity contribution is 5.94. The molecule has 1 saturated heterocycles. The number of amides is 1. The lowest BCUT2D eigenvalue weighted by Crippen LogP contribution is -2.36. The highest BCUT2D eigenvalue weighted by Gasteiger charge is 2.34. The Morgan fingerprint density at radius 2 is 2.11 bits per heavy atom. The first-order chi connectivity index (χ1) is 8.88. The molecule has 19 heavy (non-hydrogen) atoms. The topological polar surface area (TPSA) is 41.1 Å². The van der Waals surface area contributed by atoms with Crippen molar-refractivity contribution >= 4 is 5.91 Å². The van der Waals surface area contributed by atoms with Crippen molar-refractivity contribution in [3.63, 3.8) is 0 Å². The molecule has 0 unspecified atom stereocenters. The van der Waals surface area contributed by atoms with Gasteiger partial charge in [0.25, 0.3) is 5.91 Å². The standard InChI is InChI=1S/C12H12F4N2O/c13-10-2-1-7(5-9(10)12(14,15)16)11(19)18-8-3-4-17-6-8/h1-2,5,8,17H,3-4,6H2,(H,18,19)/t8-/m0/s1. The van der Waals surface area contributed by atoms with E-state index in [4.69, 9.17) is 0 Å². The second kappa shape index (κ2) is 5.16. The van der Waals surface area contributed by atoms with Gasteiger partial charge in [-0.3, -0.25) is 4.79 Å². The highest BCUT2D eigenvalue weighted by atomic mass is 19.4. The van der Waals surface area contributed by atoms with Crippen molar-refractivity contribution in [1.82, 2.24) is 10.6 Å². The van der Waals surface area contributed by atoms with E-state index in [9.17, 15) is 22.4 Å². The molecular weight excluding hydrogens is 264 g/mol. The van der Waals surface area contributed by atoms with Crippen molar-refractivity contribution in [3.8, 4) is 0 Å². The lowest BCUT2D eigenvalue weighted by molar-refractivity contribution is -0.140. The average Bonchev–Trinajstić information content (AvgIpc) is 2.80. The Labute approximate surface area is 107 Å². The fourth-order valence-electron chi connectivity index (χ4n) is 1.93. The molecule has 1 amide bonds. The first-order valence-corrected chi connectivity index (χ1v) is 5.76. The largest absolute Gasteiger partial charge is 0.419 e. The predicted octanol–water partition coefficient (Wildman–Crippen LogP) is 1.94. The normalized spacial score (nSPS) is 19.5. The van der Waals surface area contributed by atoms with Gasteiger partial charge in [0, 0.05) is 18.2 Å². The SMILES string of the molecule is O=C(N[C@H]1CCNC1)c1ccc(F)c(C(F)(F)F)c1. The second-order valence-electron chi connectivity index (χ2n) is 4.36. The minimum atomic E-state index is -4.81. The van der Waals surface area contributed by atoms with Crippen LogP contribution in [0.5, 0.6) is 0 Å². The molecule has 1 aliphatic rings. The Hall–Kier alpha value is -1.63. The summed E-state index contributed by atoms with van der Waals surface area (Å²) in [6.45, 7) is 1.33. The zero-order chi connectivity index (χ0) is 14.0. The van der Waals surface area contributed by atoms with Gasteiger partial charge < -0.3 is 10.6 Å². The summed E-state index contributed by atoms with van der Waals surface area (Å²) in [5.41, 5.74) is -1.62. The summed E-state index contributed by atoms with van der Waals surface area (Å²) in [6, 6.07) is 2.13. The van der Waals surface area contributed by atoms with Gasteiger partial charge >= 0.3 is 6.18 Å². The Bertz CT molecular complexity index is 481. The van der Waals surface area contributed by atoms with Crippen molar-refractivity contribution in [2.24, 2.45) is 0 Å². The predicted molar refractivity (Wildman–Crippen MR) is 60.1 cm³/mol. The van der Waals surface area contributed by atoms with E-state index in [2.05, 4.69) is 10.6 Å². The number of benzene rings is 1. The van der Waals surface area contributed by atoms with E-state index in [1.807, 2.05) is 0 Å².